The molecule has 7 heteroatoms. The van der Waals surface area contributed by atoms with E-state index in [1.54, 1.807) is 12.5 Å². The smallest absolute Gasteiger partial charge is 0.235 e. The Morgan fingerprint density at radius 3 is 2.85 bits per heavy atom. The van der Waals surface area contributed by atoms with Crippen LogP contribution in [0.1, 0.15) is 22.6 Å². The van der Waals surface area contributed by atoms with Crippen LogP contribution in [0.15, 0.2) is 52.2 Å². The van der Waals surface area contributed by atoms with Crippen molar-refractivity contribution in [2.45, 2.75) is 25.4 Å². The molecule has 0 unspecified atom stereocenters. The van der Waals surface area contributed by atoms with Gasteiger partial charge in [0.25, 0.3) is 0 Å². The Kier molecular flexibility index (Phi) is 5.44. The maximum atomic E-state index is 12.4. The van der Waals surface area contributed by atoms with Gasteiger partial charge in [0.05, 0.1) is 29.2 Å². The number of hydrogen-bond acceptors (Lipinski definition) is 5. The third kappa shape index (κ3) is 3.81. The average molecular weight is 366 g/mol. The average Bonchev–Trinajstić information content (AvgIpc) is 3.24. The van der Waals surface area contributed by atoms with Crippen LogP contribution in [0.3, 0.4) is 0 Å². The summed E-state index contributed by atoms with van der Waals surface area (Å²) in [6.45, 7) is 4.26. The summed E-state index contributed by atoms with van der Waals surface area (Å²) < 4.78 is 7.31. The van der Waals surface area contributed by atoms with Crippen LogP contribution in [-0.2, 0) is 11.3 Å². The minimum absolute atomic E-state index is 0.185. The molecular formula is C19H18N4O2S. The maximum absolute atomic E-state index is 12.4. The summed E-state index contributed by atoms with van der Waals surface area (Å²) in [5, 5.41) is 13.2. The molecule has 132 valence electrons. The summed E-state index contributed by atoms with van der Waals surface area (Å²) >= 11 is 1.35. The zero-order chi connectivity index (χ0) is 18.5. The van der Waals surface area contributed by atoms with E-state index < -0.39 is 0 Å². The van der Waals surface area contributed by atoms with Crippen LogP contribution >= 0.6 is 11.8 Å². The van der Waals surface area contributed by atoms with Gasteiger partial charge >= 0.3 is 0 Å². The minimum atomic E-state index is -0.185. The summed E-state index contributed by atoms with van der Waals surface area (Å²) in [6.07, 6.45) is 3.29. The molecule has 1 amide bonds. The second kappa shape index (κ2) is 7.93. The Labute approximate surface area is 155 Å². The summed E-state index contributed by atoms with van der Waals surface area (Å²) in [7, 11) is 0. The number of nitrogens with one attached hydrogen (secondary N) is 1. The first kappa shape index (κ1) is 17.8. The summed E-state index contributed by atoms with van der Waals surface area (Å²) in [6, 6.07) is 11.4. The van der Waals surface area contributed by atoms with Gasteiger partial charge in [0, 0.05) is 11.9 Å². The van der Waals surface area contributed by atoms with E-state index in [1.807, 2.05) is 48.7 Å². The predicted octanol–water partition coefficient (Wildman–Crippen LogP) is 3.74. The number of pyridine rings is 1. The number of aromatic nitrogens is 2. The molecule has 0 saturated heterocycles. The van der Waals surface area contributed by atoms with Gasteiger partial charge in [-0.2, -0.15) is 5.26 Å². The normalized spacial score (nSPS) is 10.5. The number of anilines is 1. The van der Waals surface area contributed by atoms with E-state index in [0.717, 1.165) is 22.0 Å². The summed E-state index contributed by atoms with van der Waals surface area (Å²) in [4.78, 5) is 16.6. The monoisotopic (exact) mass is 366 g/mol. The van der Waals surface area contributed by atoms with Gasteiger partial charge in [0.15, 0.2) is 0 Å². The number of amides is 1. The Morgan fingerprint density at radius 1 is 1.35 bits per heavy atom. The van der Waals surface area contributed by atoms with Crippen molar-refractivity contribution in [3.05, 3.63) is 65.4 Å². The van der Waals surface area contributed by atoms with Crippen molar-refractivity contribution in [3.63, 3.8) is 0 Å². The Bertz CT molecular complexity index is 940. The zero-order valence-electron chi connectivity index (χ0n) is 14.5. The van der Waals surface area contributed by atoms with Crippen molar-refractivity contribution in [3.8, 4) is 6.07 Å². The lowest BCUT2D eigenvalue weighted by molar-refractivity contribution is -0.113. The van der Waals surface area contributed by atoms with Crippen molar-refractivity contribution >= 4 is 23.5 Å². The van der Waals surface area contributed by atoms with Crippen molar-refractivity contribution in [2.75, 3.05) is 11.1 Å². The fraction of sp³-hybridized carbons (Fsp3) is 0.211. The van der Waals surface area contributed by atoms with Gasteiger partial charge in [0.2, 0.25) is 5.91 Å². The molecule has 3 heterocycles. The SMILES string of the molecule is Cc1c(C#N)c(NC(=O)CSc2ccccn2)n(Cc2ccco2)c1C. The number of thioether (sulfide) groups is 1. The fourth-order valence-electron chi connectivity index (χ4n) is 2.63. The number of nitriles is 1. The highest BCUT2D eigenvalue weighted by atomic mass is 32.2. The van der Waals surface area contributed by atoms with E-state index in [2.05, 4.69) is 16.4 Å². The molecule has 3 aromatic heterocycles. The van der Waals surface area contributed by atoms with Crippen LogP contribution in [0.4, 0.5) is 5.82 Å². The van der Waals surface area contributed by atoms with E-state index in [-0.39, 0.29) is 11.7 Å². The number of nitrogens with zero attached hydrogens (tertiary/aromatic N) is 3. The third-order valence-corrected chi connectivity index (χ3v) is 5.03. The Morgan fingerprint density at radius 2 is 2.19 bits per heavy atom. The Balaban J connectivity index is 1.80. The van der Waals surface area contributed by atoms with E-state index in [4.69, 9.17) is 4.42 Å². The van der Waals surface area contributed by atoms with E-state index in [9.17, 15) is 10.1 Å². The summed E-state index contributed by atoms with van der Waals surface area (Å²) in [5.41, 5.74) is 2.25. The van der Waals surface area contributed by atoms with Crippen LogP contribution < -0.4 is 5.32 Å². The lowest BCUT2D eigenvalue weighted by Crippen LogP contribution is -2.18. The molecule has 0 spiro atoms. The van der Waals surface area contributed by atoms with Crippen molar-refractivity contribution < 1.29 is 9.21 Å². The number of carbonyl (C=O) groups excluding carboxylic acids is 1. The summed E-state index contributed by atoms with van der Waals surface area (Å²) in [5.74, 6) is 1.29. The molecule has 0 aliphatic carbocycles. The number of furan rings is 1. The van der Waals surface area contributed by atoms with Crippen molar-refractivity contribution in [1.82, 2.24) is 9.55 Å². The second-order valence-corrected chi connectivity index (χ2v) is 6.71. The maximum Gasteiger partial charge on any atom is 0.235 e. The zero-order valence-corrected chi connectivity index (χ0v) is 15.3. The molecule has 0 aromatic carbocycles. The molecule has 3 rings (SSSR count). The molecule has 6 nitrogen and oxygen atoms in total. The quantitative estimate of drug-likeness (QED) is 0.672. The van der Waals surface area contributed by atoms with E-state index in [1.165, 1.54) is 11.8 Å². The van der Waals surface area contributed by atoms with Gasteiger partial charge in [-0.1, -0.05) is 17.8 Å². The van der Waals surface area contributed by atoms with Crippen LogP contribution in [0.2, 0.25) is 0 Å². The standard InChI is InChI=1S/C19H18N4O2S/c1-13-14(2)23(11-15-6-5-9-25-15)19(16(13)10-20)22-17(24)12-26-18-7-3-4-8-21-18/h3-9H,11-12H2,1-2H3,(H,22,24). The van der Waals surface area contributed by atoms with Crippen LogP contribution in [0.25, 0.3) is 0 Å². The fourth-order valence-corrected chi connectivity index (χ4v) is 3.29. The number of carbonyl (C=O) groups is 1. The van der Waals surface area contributed by atoms with Crippen molar-refractivity contribution in [1.29, 1.82) is 5.26 Å². The molecule has 1 N–H and O–H groups in total. The topological polar surface area (TPSA) is 83.9 Å². The molecule has 0 saturated carbocycles. The van der Waals surface area contributed by atoms with Gasteiger partial charge < -0.3 is 14.3 Å². The van der Waals surface area contributed by atoms with E-state index >= 15 is 0 Å². The molecule has 0 fully saturated rings. The molecule has 0 atom stereocenters. The first-order valence-corrected chi connectivity index (χ1v) is 9.04. The molecule has 0 aliphatic heterocycles. The molecule has 0 bridgehead atoms. The molecule has 26 heavy (non-hydrogen) atoms. The molecule has 3 aromatic rings. The number of rotatable bonds is 6. The van der Waals surface area contributed by atoms with Gasteiger partial charge in [-0.3, -0.25) is 4.79 Å². The first-order chi connectivity index (χ1) is 12.6. The van der Waals surface area contributed by atoms with Crippen LogP contribution in [0.5, 0.6) is 0 Å². The predicted molar refractivity (Wildman–Crippen MR) is 100 cm³/mol. The molecule has 0 radical (unpaired) electrons. The highest BCUT2D eigenvalue weighted by Gasteiger charge is 2.20. The molecular weight excluding hydrogens is 348 g/mol. The highest BCUT2D eigenvalue weighted by Crippen LogP contribution is 2.28. The lowest BCUT2D eigenvalue weighted by Gasteiger charge is -2.12. The lowest BCUT2D eigenvalue weighted by atomic mass is 10.2. The van der Waals surface area contributed by atoms with Gasteiger partial charge in [0.1, 0.15) is 17.6 Å². The minimum Gasteiger partial charge on any atom is -0.467 e. The molecule has 0 aliphatic rings. The first-order valence-electron chi connectivity index (χ1n) is 8.06. The van der Waals surface area contributed by atoms with E-state index in [0.29, 0.717) is 17.9 Å². The highest BCUT2D eigenvalue weighted by molar-refractivity contribution is 7.99. The van der Waals surface area contributed by atoms with Crippen LogP contribution in [0, 0.1) is 25.2 Å². The van der Waals surface area contributed by atoms with Crippen molar-refractivity contribution in [2.24, 2.45) is 0 Å². The van der Waals surface area contributed by atoms with Crippen LogP contribution in [-0.4, -0.2) is 21.2 Å². The van der Waals surface area contributed by atoms with Gasteiger partial charge in [-0.15, -0.1) is 0 Å². The largest absolute Gasteiger partial charge is 0.467 e. The second-order valence-electron chi connectivity index (χ2n) is 5.72. The number of hydrogen-bond donors (Lipinski definition) is 1. The Hall–Kier alpha value is -2.98. The van der Waals surface area contributed by atoms with Gasteiger partial charge in [-0.25, -0.2) is 4.98 Å². The third-order valence-electron chi connectivity index (χ3n) is 4.08. The van der Waals surface area contributed by atoms with Gasteiger partial charge in [-0.05, 0) is 43.7 Å².